The Balaban J connectivity index is 1.72. The molecule has 0 aromatic carbocycles. The zero-order valence-corrected chi connectivity index (χ0v) is 11.3. The molecule has 3 rings (SSSR count). The molecule has 1 saturated carbocycles. The van der Waals surface area contributed by atoms with E-state index in [2.05, 4.69) is 0 Å². The molecule has 3 unspecified atom stereocenters. The van der Waals surface area contributed by atoms with Crippen LogP contribution < -0.4 is 0 Å². The highest BCUT2D eigenvalue weighted by atomic mass is 16.6. The Bertz CT molecular complexity index is 320. The lowest BCUT2D eigenvalue weighted by atomic mass is 9.75. The lowest BCUT2D eigenvalue weighted by Gasteiger charge is -2.38. The molecule has 0 aromatic heterocycles. The number of fused-ring (bicyclic) bond motifs is 2. The quantitative estimate of drug-likeness (QED) is 0.721. The Hall–Kier alpha value is -0.570. The highest BCUT2D eigenvalue weighted by Gasteiger charge is 2.54. The number of carbonyl (C=O) groups is 1. The number of carbonyl (C=O) groups excluding carboxylic acids is 1. The van der Waals surface area contributed by atoms with Gasteiger partial charge in [-0.25, -0.2) is 0 Å². The minimum Gasteiger partial charge on any atom is -0.459 e. The first-order valence-corrected chi connectivity index (χ1v) is 7.61. The molecule has 2 saturated heterocycles. The van der Waals surface area contributed by atoms with Gasteiger partial charge in [0, 0.05) is 12.3 Å². The number of rotatable bonds is 4. The van der Waals surface area contributed by atoms with E-state index in [0.29, 0.717) is 24.5 Å². The van der Waals surface area contributed by atoms with Gasteiger partial charge in [0.2, 0.25) is 0 Å². The van der Waals surface area contributed by atoms with E-state index in [-0.39, 0.29) is 11.6 Å². The van der Waals surface area contributed by atoms with Crippen molar-refractivity contribution in [1.82, 2.24) is 0 Å². The van der Waals surface area contributed by atoms with Crippen molar-refractivity contribution >= 4 is 5.97 Å². The Morgan fingerprint density at radius 3 is 2.67 bits per heavy atom. The minimum absolute atomic E-state index is 0.00201. The topological polar surface area (TPSA) is 35.5 Å². The maximum atomic E-state index is 11.9. The summed E-state index contributed by atoms with van der Waals surface area (Å²) in [6.07, 6.45) is 10.3. The Morgan fingerprint density at radius 2 is 2.11 bits per heavy atom. The van der Waals surface area contributed by atoms with Crippen molar-refractivity contribution in [3.05, 3.63) is 0 Å². The van der Waals surface area contributed by atoms with E-state index < -0.39 is 0 Å². The first-order chi connectivity index (χ1) is 8.73. The summed E-state index contributed by atoms with van der Waals surface area (Å²) in [6.45, 7) is 2.03. The molecule has 0 radical (unpaired) electrons. The van der Waals surface area contributed by atoms with Gasteiger partial charge < -0.3 is 9.47 Å². The summed E-state index contributed by atoms with van der Waals surface area (Å²) in [7, 11) is 0. The lowest BCUT2D eigenvalue weighted by Crippen LogP contribution is -2.44. The molecule has 18 heavy (non-hydrogen) atoms. The molecule has 2 aliphatic heterocycles. The minimum atomic E-state index is -0.175. The van der Waals surface area contributed by atoms with Gasteiger partial charge in [0.15, 0.2) is 0 Å². The number of esters is 1. The summed E-state index contributed by atoms with van der Waals surface area (Å²) >= 11 is 0. The summed E-state index contributed by atoms with van der Waals surface area (Å²) in [5.74, 6) is 0.474. The molecule has 0 amide bonds. The molecule has 0 N–H and O–H groups in total. The molecule has 3 heteroatoms. The SMILES string of the molecule is CCCC(=O)OC1(C2CC3CCC2O3)CCCC1. The van der Waals surface area contributed by atoms with Crippen molar-refractivity contribution in [3.8, 4) is 0 Å². The smallest absolute Gasteiger partial charge is 0.306 e. The lowest BCUT2D eigenvalue weighted by molar-refractivity contribution is -0.168. The third-order valence-corrected chi connectivity index (χ3v) is 5.00. The highest BCUT2D eigenvalue weighted by Crippen LogP contribution is 2.51. The van der Waals surface area contributed by atoms with E-state index in [9.17, 15) is 4.79 Å². The predicted molar refractivity (Wildman–Crippen MR) is 68.2 cm³/mol. The Labute approximate surface area is 109 Å². The van der Waals surface area contributed by atoms with Crippen LogP contribution in [0.1, 0.15) is 64.7 Å². The van der Waals surface area contributed by atoms with E-state index in [0.717, 1.165) is 25.7 Å². The summed E-state index contributed by atoms with van der Waals surface area (Å²) in [4.78, 5) is 11.9. The Morgan fingerprint density at radius 1 is 1.33 bits per heavy atom. The zero-order chi connectivity index (χ0) is 12.6. The molecular formula is C15H24O3. The second-order valence-electron chi connectivity index (χ2n) is 6.21. The maximum Gasteiger partial charge on any atom is 0.306 e. The van der Waals surface area contributed by atoms with Gasteiger partial charge in [-0.2, -0.15) is 0 Å². The van der Waals surface area contributed by atoms with Crippen LogP contribution in [0.25, 0.3) is 0 Å². The number of hydrogen-bond donors (Lipinski definition) is 0. The number of hydrogen-bond acceptors (Lipinski definition) is 3. The van der Waals surface area contributed by atoms with Gasteiger partial charge >= 0.3 is 5.97 Å². The van der Waals surface area contributed by atoms with Crippen LogP contribution in [-0.4, -0.2) is 23.8 Å². The first-order valence-electron chi connectivity index (χ1n) is 7.61. The second-order valence-corrected chi connectivity index (χ2v) is 6.21. The van der Waals surface area contributed by atoms with Crippen molar-refractivity contribution in [2.45, 2.75) is 82.5 Å². The van der Waals surface area contributed by atoms with Gasteiger partial charge in [0.05, 0.1) is 12.2 Å². The molecule has 102 valence electrons. The van der Waals surface area contributed by atoms with Crippen LogP contribution in [0.2, 0.25) is 0 Å². The molecule has 3 fully saturated rings. The van der Waals surface area contributed by atoms with Gasteiger partial charge in [-0.15, -0.1) is 0 Å². The molecule has 2 bridgehead atoms. The summed E-state index contributed by atoms with van der Waals surface area (Å²) in [5.41, 5.74) is -0.175. The standard InChI is InChI=1S/C15H24O3/c1-2-5-14(16)18-15(8-3-4-9-15)12-10-11-6-7-13(12)17-11/h11-13H,2-10H2,1H3. The van der Waals surface area contributed by atoms with Crippen LogP contribution in [0.5, 0.6) is 0 Å². The third-order valence-electron chi connectivity index (χ3n) is 5.00. The first kappa shape index (κ1) is 12.5. The monoisotopic (exact) mass is 252 g/mol. The molecule has 0 aromatic rings. The number of ether oxygens (including phenoxy) is 2. The van der Waals surface area contributed by atoms with E-state index in [1.807, 2.05) is 6.92 Å². The van der Waals surface area contributed by atoms with Gasteiger partial charge in [-0.1, -0.05) is 6.92 Å². The average Bonchev–Trinajstić information content (AvgIpc) is 3.04. The van der Waals surface area contributed by atoms with Gasteiger partial charge in [0.1, 0.15) is 5.60 Å². The van der Waals surface area contributed by atoms with Crippen LogP contribution in [0.3, 0.4) is 0 Å². The summed E-state index contributed by atoms with van der Waals surface area (Å²) in [5, 5.41) is 0. The Kier molecular flexibility index (Phi) is 3.35. The van der Waals surface area contributed by atoms with Crippen molar-refractivity contribution in [2.75, 3.05) is 0 Å². The fourth-order valence-electron chi connectivity index (χ4n) is 4.20. The fraction of sp³-hybridized carbons (Fsp3) is 0.933. The van der Waals surface area contributed by atoms with Crippen LogP contribution in [-0.2, 0) is 14.3 Å². The molecular weight excluding hydrogens is 228 g/mol. The largest absolute Gasteiger partial charge is 0.459 e. The van der Waals surface area contributed by atoms with Crippen molar-refractivity contribution < 1.29 is 14.3 Å². The van der Waals surface area contributed by atoms with Gasteiger partial charge in [-0.05, 0) is 51.4 Å². The fourth-order valence-corrected chi connectivity index (χ4v) is 4.20. The van der Waals surface area contributed by atoms with E-state index in [4.69, 9.17) is 9.47 Å². The molecule has 3 aliphatic rings. The van der Waals surface area contributed by atoms with Crippen molar-refractivity contribution in [3.63, 3.8) is 0 Å². The van der Waals surface area contributed by atoms with Crippen LogP contribution in [0, 0.1) is 5.92 Å². The van der Waals surface area contributed by atoms with Gasteiger partial charge in [-0.3, -0.25) is 4.79 Å². The molecule has 1 aliphatic carbocycles. The van der Waals surface area contributed by atoms with Crippen LogP contribution >= 0.6 is 0 Å². The average molecular weight is 252 g/mol. The maximum absolute atomic E-state index is 11.9. The van der Waals surface area contributed by atoms with E-state index >= 15 is 0 Å². The second kappa shape index (κ2) is 4.84. The van der Waals surface area contributed by atoms with E-state index in [1.165, 1.54) is 25.7 Å². The molecule has 3 nitrogen and oxygen atoms in total. The molecule has 2 heterocycles. The van der Waals surface area contributed by atoms with Crippen molar-refractivity contribution in [2.24, 2.45) is 5.92 Å². The van der Waals surface area contributed by atoms with Crippen molar-refractivity contribution in [1.29, 1.82) is 0 Å². The summed E-state index contributed by atoms with van der Waals surface area (Å²) in [6, 6.07) is 0. The normalized spacial score (nSPS) is 37.1. The highest BCUT2D eigenvalue weighted by molar-refractivity contribution is 5.70. The third kappa shape index (κ3) is 2.07. The van der Waals surface area contributed by atoms with Gasteiger partial charge in [0.25, 0.3) is 0 Å². The predicted octanol–water partition coefficient (Wildman–Crippen LogP) is 3.21. The molecule has 3 atom stereocenters. The zero-order valence-electron chi connectivity index (χ0n) is 11.3. The van der Waals surface area contributed by atoms with Crippen LogP contribution in [0.15, 0.2) is 0 Å². The van der Waals surface area contributed by atoms with E-state index in [1.54, 1.807) is 0 Å². The summed E-state index contributed by atoms with van der Waals surface area (Å²) < 4.78 is 11.9. The molecule has 0 spiro atoms. The van der Waals surface area contributed by atoms with Crippen LogP contribution in [0.4, 0.5) is 0 Å².